The Labute approximate surface area is 183 Å². The van der Waals surface area contributed by atoms with Crippen molar-refractivity contribution < 1.29 is 18.7 Å². The highest BCUT2D eigenvalue weighted by Crippen LogP contribution is 2.25. The van der Waals surface area contributed by atoms with Gasteiger partial charge in [0.15, 0.2) is 17.3 Å². The van der Waals surface area contributed by atoms with Crippen molar-refractivity contribution in [2.75, 3.05) is 19.0 Å². The van der Waals surface area contributed by atoms with Crippen LogP contribution in [0.25, 0.3) is 22.6 Å². The number of nitrogens with zero attached hydrogens (tertiary/aromatic N) is 2. The molecule has 0 saturated heterocycles. The van der Waals surface area contributed by atoms with Gasteiger partial charge in [0.1, 0.15) is 17.0 Å². The monoisotopic (exact) mass is 434 g/mol. The number of carbonyl (C=O) groups excluding carboxylic acids is 1. The second kappa shape index (κ2) is 9.23. The number of fused-ring (bicyclic) bond motifs is 1. The molecule has 0 aliphatic heterocycles. The summed E-state index contributed by atoms with van der Waals surface area (Å²) in [5.41, 5.74) is 2.74. The third kappa shape index (κ3) is 5.14. The number of thiocarbonyl (C=S) groups is 1. The molecule has 0 unspecified atom stereocenters. The van der Waals surface area contributed by atoms with Gasteiger partial charge in [0.2, 0.25) is 5.89 Å². The van der Waals surface area contributed by atoms with Crippen molar-refractivity contribution >= 4 is 40.0 Å². The molecule has 0 atom stereocenters. The molecule has 1 amide bonds. The number of oxazole rings is 1. The number of benzene rings is 2. The molecule has 2 N–H and O–H groups in total. The first-order chi connectivity index (χ1) is 15.1. The number of carbonyl (C=O) groups is 1. The van der Waals surface area contributed by atoms with Crippen LogP contribution in [-0.4, -0.2) is 34.7 Å². The maximum atomic E-state index is 12.1. The zero-order valence-corrected chi connectivity index (χ0v) is 17.3. The normalized spacial score (nSPS) is 10.5. The zero-order chi connectivity index (χ0) is 21.6. The summed E-state index contributed by atoms with van der Waals surface area (Å²) in [5.74, 6) is 1.36. The summed E-state index contributed by atoms with van der Waals surface area (Å²) in [5, 5.41) is 5.69. The van der Waals surface area contributed by atoms with Gasteiger partial charge in [-0.25, -0.2) is 4.98 Å². The van der Waals surface area contributed by atoms with E-state index in [-0.39, 0.29) is 17.6 Å². The number of hydrogen-bond donors (Lipinski definition) is 2. The Morgan fingerprint density at radius 2 is 1.94 bits per heavy atom. The van der Waals surface area contributed by atoms with Crippen LogP contribution in [0.4, 0.5) is 5.69 Å². The Bertz CT molecular complexity index is 1210. The first-order valence-corrected chi connectivity index (χ1v) is 9.70. The predicted octanol–water partition coefficient (Wildman–Crippen LogP) is 3.79. The second-order valence-corrected chi connectivity index (χ2v) is 6.82. The van der Waals surface area contributed by atoms with Crippen LogP contribution in [0.3, 0.4) is 0 Å². The van der Waals surface area contributed by atoms with Gasteiger partial charge in [-0.15, -0.1) is 0 Å². The first kappa shape index (κ1) is 20.3. The van der Waals surface area contributed by atoms with Gasteiger partial charge in [-0.3, -0.25) is 15.1 Å². The fourth-order valence-corrected chi connectivity index (χ4v) is 3.00. The summed E-state index contributed by atoms with van der Waals surface area (Å²) in [6.07, 6.45) is 3.37. The van der Waals surface area contributed by atoms with E-state index in [1.807, 2.05) is 12.1 Å². The Hall–Kier alpha value is -3.98. The molecule has 0 radical (unpaired) electrons. The number of aromatic nitrogens is 2. The molecule has 2 aromatic carbocycles. The fourth-order valence-electron chi connectivity index (χ4n) is 2.76. The molecule has 2 aromatic heterocycles. The summed E-state index contributed by atoms with van der Waals surface area (Å²) < 4.78 is 16.3. The van der Waals surface area contributed by atoms with Crippen molar-refractivity contribution in [3.63, 3.8) is 0 Å². The summed E-state index contributed by atoms with van der Waals surface area (Å²) in [7, 11) is 1.58. The maximum Gasteiger partial charge on any atom is 0.264 e. The van der Waals surface area contributed by atoms with Crippen LogP contribution < -0.4 is 20.1 Å². The summed E-state index contributed by atoms with van der Waals surface area (Å²) in [6.45, 7) is -0.176. The van der Waals surface area contributed by atoms with Crippen molar-refractivity contribution in [3.05, 3.63) is 67.0 Å². The van der Waals surface area contributed by atoms with E-state index in [9.17, 15) is 4.79 Å². The first-order valence-electron chi connectivity index (χ1n) is 9.29. The smallest absolute Gasteiger partial charge is 0.264 e. The highest BCUT2D eigenvalue weighted by atomic mass is 32.1. The minimum absolute atomic E-state index is 0.152. The third-order valence-electron chi connectivity index (χ3n) is 4.24. The topological polar surface area (TPSA) is 98.5 Å². The standard InChI is InChI=1S/C22H18N4O4S/c1-28-16-5-7-17(8-6-16)29-13-20(27)26-22(31)24-15-4-9-19-18(11-15)25-21(30-19)14-3-2-10-23-12-14/h2-12H,13H2,1H3,(H2,24,26,27,31). The highest BCUT2D eigenvalue weighted by Gasteiger charge is 2.10. The van der Waals surface area contributed by atoms with Crippen molar-refractivity contribution in [2.45, 2.75) is 0 Å². The Morgan fingerprint density at radius 1 is 1.13 bits per heavy atom. The molecular formula is C22H18N4O4S. The molecule has 156 valence electrons. The average molecular weight is 434 g/mol. The van der Waals surface area contributed by atoms with Gasteiger partial charge >= 0.3 is 0 Å². The number of ether oxygens (including phenoxy) is 2. The van der Waals surface area contributed by atoms with Crippen LogP contribution in [-0.2, 0) is 4.79 Å². The van der Waals surface area contributed by atoms with Crippen LogP contribution in [0.15, 0.2) is 71.4 Å². The highest BCUT2D eigenvalue weighted by molar-refractivity contribution is 7.80. The summed E-state index contributed by atoms with van der Waals surface area (Å²) >= 11 is 5.21. The van der Waals surface area contributed by atoms with E-state index in [0.29, 0.717) is 34.2 Å². The summed E-state index contributed by atoms with van der Waals surface area (Å²) in [6, 6.07) is 16.0. The molecule has 2 heterocycles. The third-order valence-corrected chi connectivity index (χ3v) is 4.44. The number of hydrogen-bond acceptors (Lipinski definition) is 7. The lowest BCUT2D eigenvalue weighted by Gasteiger charge is -2.10. The molecule has 0 aliphatic carbocycles. The van der Waals surface area contributed by atoms with Crippen LogP contribution in [0.1, 0.15) is 0 Å². The van der Waals surface area contributed by atoms with Gasteiger partial charge in [-0.05, 0) is 66.8 Å². The molecule has 4 aromatic rings. The maximum absolute atomic E-state index is 12.1. The van der Waals surface area contributed by atoms with E-state index in [1.165, 1.54) is 0 Å². The second-order valence-electron chi connectivity index (χ2n) is 6.41. The van der Waals surface area contributed by atoms with Crippen LogP contribution in [0.5, 0.6) is 11.5 Å². The van der Waals surface area contributed by atoms with E-state index < -0.39 is 0 Å². The largest absolute Gasteiger partial charge is 0.497 e. The van der Waals surface area contributed by atoms with Crippen LogP contribution in [0.2, 0.25) is 0 Å². The number of anilines is 1. The molecule has 0 saturated carbocycles. The van der Waals surface area contributed by atoms with Crippen molar-refractivity contribution in [1.29, 1.82) is 0 Å². The number of amides is 1. The molecule has 8 nitrogen and oxygen atoms in total. The minimum atomic E-state index is -0.380. The van der Waals surface area contributed by atoms with E-state index >= 15 is 0 Å². The van der Waals surface area contributed by atoms with Crippen molar-refractivity contribution in [1.82, 2.24) is 15.3 Å². The van der Waals surface area contributed by atoms with Crippen LogP contribution in [0, 0.1) is 0 Å². The molecule has 0 bridgehead atoms. The van der Waals surface area contributed by atoms with Gasteiger partial charge in [-0.1, -0.05) is 0 Å². The lowest BCUT2D eigenvalue weighted by atomic mass is 10.3. The zero-order valence-electron chi connectivity index (χ0n) is 16.5. The summed E-state index contributed by atoms with van der Waals surface area (Å²) in [4.78, 5) is 20.6. The van der Waals surface area contributed by atoms with Gasteiger partial charge in [0.25, 0.3) is 5.91 Å². The minimum Gasteiger partial charge on any atom is -0.497 e. The van der Waals surface area contributed by atoms with Gasteiger partial charge in [0, 0.05) is 18.1 Å². The molecule has 0 spiro atoms. The quantitative estimate of drug-likeness (QED) is 0.442. The van der Waals surface area contributed by atoms with Crippen molar-refractivity contribution in [2.24, 2.45) is 0 Å². The van der Waals surface area contributed by atoms with Gasteiger partial charge in [0.05, 0.1) is 12.7 Å². The lowest BCUT2D eigenvalue weighted by Crippen LogP contribution is -2.37. The van der Waals surface area contributed by atoms with Gasteiger partial charge in [-0.2, -0.15) is 0 Å². The van der Waals surface area contributed by atoms with E-state index in [2.05, 4.69) is 20.6 Å². The van der Waals surface area contributed by atoms with Crippen molar-refractivity contribution in [3.8, 4) is 23.0 Å². The molecule has 31 heavy (non-hydrogen) atoms. The average Bonchev–Trinajstić information content (AvgIpc) is 3.22. The molecule has 0 aliphatic rings. The van der Waals surface area contributed by atoms with Gasteiger partial charge < -0.3 is 19.2 Å². The Morgan fingerprint density at radius 3 is 2.68 bits per heavy atom. The molecule has 0 fully saturated rings. The fraction of sp³-hybridized carbons (Fsp3) is 0.0909. The Balaban J connectivity index is 1.33. The molecule has 4 rings (SSSR count). The number of methoxy groups -OCH3 is 1. The van der Waals surface area contributed by atoms with E-state index in [1.54, 1.807) is 62.0 Å². The number of nitrogens with one attached hydrogen (secondary N) is 2. The Kier molecular flexibility index (Phi) is 6.04. The lowest BCUT2D eigenvalue weighted by molar-refractivity contribution is -0.121. The predicted molar refractivity (Wildman–Crippen MR) is 120 cm³/mol. The van der Waals surface area contributed by atoms with E-state index in [0.717, 1.165) is 5.56 Å². The molecular weight excluding hydrogens is 416 g/mol. The van der Waals surface area contributed by atoms with Crippen LogP contribution >= 0.6 is 12.2 Å². The van der Waals surface area contributed by atoms with E-state index in [4.69, 9.17) is 26.1 Å². The number of rotatable bonds is 6. The SMILES string of the molecule is COc1ccc(OCC(=O)NC(=S)Nc2ccc3oc(-c4cccnc4)nc3c2)cc1. The molecule has 9 heteroatoms. The number of pyridine rings is 1.